The first-order chi connectivity index (χ1) is 16.3. The van der Waals surface area contributed by atoms with Gasteiger partial charge in [0.05, 0.1) is 17.0 Å². The van der Waals surface area contributed by atoms with Crippen LogP contribution in [-0.2, 0) is 11.2 Å². The Morgan fingerprint density at radius 1 is 1.03 bits per heavy atom. The van der Waals surface area contributed by atoms with E-state index in [1.54, 1.807) is 41.8 Å². The minimum absolute atomic E-state index is 0.147. The van der Waals surface area contributed by atoms with Gasteiger partial charge in [0, 0.05) is 28.9 Å². The summed E-state index contributed by atoms with van der Waals surface area (Å²) in [4.78, 5) is 28.9. The summed E-state index contributed by atoms with van der Waals surface area (Å²) in [5.74, 6) is -0.0810. The molecule has 1 N–H and O–H groups in total. The van der Waals surface area contributed by atoms with Crippen molar-refractivity contribution in [1.82, 2.24) is 9.55 Å². The van der Waals surface area contributed by atoms with Crippen molar-refractivity contribution in [3.8, 4) is 11.6 Å². The topological polar surface area (TPSA) is 90.7 Å². The summed E-state index contributed by atoms with van der Waals surface area (Å²) in [5.41, 5.74) is 3.22. The van der Waals surface area contributed by atoms with E-state index in [4.69, 9.17) is 21.1 Å². The van der Waals surface area contributed by atoms with Crippen LogP contribution in [0.2, 0.25) is 5.02 Å². The number of hydrogen-bond donors (Lipinski definition) is 1. The maximum atomic E-state index is 13.5. The fourth-order valence-electron chi connectivity index (χ4n) is 3.91. The molecule has 2 heterocycles. The number of ether oxygens (including phenoxy) is 2. The van der Waals surface area contributed by atoms with Gasteiger partial charge in [0.1, 0.15) is 19.0 Å². The number of para-hydroxylation sites is 1. The van der Waals surface area contributed by atoms with Gasteiger partial charge in [-0.15, -0.1) is 0 Å². The van der Waals surface area contributed by atoms with Crippen LogP contribution >= 0.6 is 11.6 Å². The SMILES string of the molecule is Cc1cc(OCCOc2ccc(Cl)cn2)ccc1C(=O)n1c(C)c(CC(=O)O)c2ccccc21. The van der Waals surface area contributed by atoms with Crippen LogP contribution in [0.1, 0.15) is 27.2 Å². The quantitative estimate of drug-likeness (QED) is 0.355. The maximum Gasteiger partial charge on any atom is 0.307 e. The number of benzene rings is 2. The van der Waals surface area contributed by atoms with E-state index in [0.717, 1.165) is 10.9 Å². The van der Waals surface area contributed by atoms with Crippen LogP contribution in [0.25, 0.3) is 10.9 Å². The maximum absolute atomic E-state index is 13.5. The molecule has 2 aromatic heterocycles. The number of carbonyl (C=O) groups excluding carboxylic acids is 1. The molecule has 0 radical (unpaired) electrons. The van der Waals surface area contributed by atoms with Gasteiger partial charge in [0.2, 0.25) is 5.88 Å². The van der Waals surface area contributed by atoms with Crippen LogP contribution in [0.5, 0.6) is 11.6 Å². The van der Waals surface area contributed by atoms with Crippen LogP contribution in [0.4, 0.5) is 0 Å². The average Bonchev–Trinajstić information content (AvgIpc) is 3.08. The molecular formula is C26H23ClN2O5. The summed E-state index contributed by atoms with van der Waals surface area (Å²) in [5, 5.41) is 10.6. The van der Waals surface area contributed by atoms with E-state index in [1.165, 1.54) is 6.20 Å². The normalized spacial score (nSPS) is 10.9. The van der Waals surface area contributed by atoms with Crippen LogP contribution in [0.15, 0.2) is 60.8 Å². The van der Waals surface area contributed by atoms with Gasteiger partial charge in [0.15, 0.2) is 0 Å². The Balaban J connectivity index is 1.50. The van der Waals surface area contributed by atoms with Gasteiger partial charge in [-0.05, 0) is 55.3 Å². The lowest BCUT2D eigenvalue weighted by Gasteiger charge is -2.12. The van der Waals surface area contributed by atoms with Crippen LogP contribution in [-0.4, -0.2) is 39.7 Å². The van der Waals surface area contributed by atoms with Crippen LogP contribution in [0, 0.1) is 13.8 Å². The Labute approximate surface area is 201 Å². The van der Waals surface area contributed by atoms with Crippen molar-refractivity contribution < 1.29 is 24.2 Å². The van der Waals surface area contributed by atoms with E-state index in [1.807, 2.05) is 31.2 Å². The van der Waals surface area contributed by atoms with E-state index in [2.05, 4.69) is 4.98 Å². The summed E-state index contributed by atoms with van der Waals surface area (Å²) in [7, 11) is 0. The molecule has 4 aromatic rings. The zero-order chi connectivity index (χ0) is 24.2. The van der Waals surface area contributed by atoms with Crippen molar-refractivity contribution in [2.75, 3.05) is 13.2 Å². The zero-order valence-corrected chi connectivity index (χ0v) is 19.5. The lowest BCUT2D eigenvalue weighted by Crippen LogP contribution is -2.16. The van der Waals surface area contributed by atoms with E-state index < -0.39 is 5.97 Å². The third-order valence-corrected chi connectivity index (χ3v) is 5.73. The number of carboxylic acid groups (broad SMARTS) is 1. The van der Waals surface area contributed by atoms with Crippen molar-refractivity contribution in [2.24, 2.45) is 0 Å². The predicted molar refractivity (Wildman–Crippen MR) is 129 cm³/mol. The third kappa shape index (κ3) is 4.89. The molecule has 174 valence electrons. The van der Waals surface area contributed by atoms with E-state index in [9.17, 15) is 14.7 Å². The first-order valence-corrected chi connectivity index (χ1v) is 11.1. The average molecular weight is 479 g/mol. The molecule has 0 bridgehead atoms. The van der Waals surface area contributed by atoms with E-state index in [-0.39, 0.29) is 12.3 Å². The van der Waals surface area contributed by atoms with E-state index >= 15 is 0 Å². The van der Waals surface area contributed by atoms with Crippen molar-refractivity contribution in [3.05, 3.63) is 88.2 Å². The fourth-order valence-corrected chi connectivity index (χ4v) is 4.02. The standard InChI is InChI=1S/C26H23ClN2O5/c1-16-13-19(33-11-12-34-24-10-7-18(27)15-28-24)8-9-20(16)26(32)29-17(2)22(14-25(30)31)21-5-3-4-6-23(21)29/h3-10,13,15H,11-12,14H2,1-2H3,(H,30,31). The number of aromatic nitrogens is 2. The molecule has 0 aliphatic rings. The Hall–Kier alpha value is -3.84. The molecule has 0 amide bonds. The van der Waals surface area contributed by atoms with Gasteiger partial charge < -0.3 is 14.6 Å². The lowest BCUT2D eigenvalue weighted by atomic mass is 10.1. The molecule has 0 aliphatic carbocycles. The van der Waals surface area contributed by atoms with Gasteiger partial charge >= 0.3 is 5.97 Å². The van der Waals surface area contributed by atoms with E-state index in [0.29, 0.717) is 52.2 Å². The Kier molecular flexibility index (Phi) is 6.84. The van der Waals surface area contributed by atoms with Crippen LogP contribution in [0.3, 0.4) is 0 Å². The van der Waals surface area contributed by atoms with Gasteiger partial charge in [-0.1, -0.05) is 29.8 Å². The summed E-state index contributed by atoms with van der Waals surface area (Å²) in [6.45, 7) is 4.22. The van der Waals surface area contributed by atoms with Crippen molar-refractivity contribution in [1.29, 1.82) is 0 Å². The second-order valence-electron chi connectivity index (χ2n) is 7.78. The zero-order valence-electron chi connectivity index (χ0n) is 18.7. The molecule has 4 rings (SSSR count). The molecule has 0 fully saturated rings. The van der Waals surface area contributed by atoms with Gasteiger partial charge in [0.25, 0.3) is 5.91 Å². The molecule has 8 heteroatoms. The Bertz CT molecular complexity index is 1360. The number of nitrogens with zero attached hydrogens (tertiary/aromatic N) is 2. The van der Waals surface area contributed by atoms with Gasteiger partial charge in [-0.3, -0.25) is 14.2 Å². The number of halogens is 1. The lowest BCUT2D eigenvalue weighted by molar-refractivity contribution is -0.136. The largest absolute Gasteiger partial charge is 0.490 e. The first kappa shape index (κ1) is 23.3. The summed E-state index contributed by atoms with van der Waals surface area (Å²) in [6, 6.07) is 16.0. The smallest absolute Gasteiger partial charge is 0.307 e. The molecule has 0 atom stereocenters. The molecule has 0 unspecified atom stereocenters. The summed E-state index contributed by atoms with van der Waals surface area (Å²) >= 11 is 5.81. The number of hydrogen-bond acceptors (Lipinski definition) is 5. The summed E-state index contributed by atoms with van der Waals surface area (Å²) < 4.78 is 12.9. The molecule has 0 aliphatic heterocycles. The van der Waals surface area contributed by atoms with Gasteiger partial charge in [-0.25, -0.2) is 4.98 Å². The molecule has 7 nitrogen and oxygen atoms in total. The predicted octanol–water partition coefficient (Wildman–Crippen LogP) is 5.08. The highest BCUT2D eigenvalue weighted by Crippen LogP contribution is 2.28. The van der Waals surface area contributed by atoms with Gasteiger partial charge in [-0.2, -0.15) is 0 Å². The number of carboxylic acids is 1. The first-order valence-electron chi connectivity index (χ1n) is 10.7. The fraction of sp³-hybridized carbons (Fsp3) is 0.192. The third-order valence-electron chi connectivity index (χ3n) is 5.50. The summed E-state index contributed by atoms with van der Waals surface area (Å²) in [6.07, 6.45) is 1.36. The minimum atomic E-state index is -0.938. The number of aryl methyl sites for hydroxylation is 1. The second-order valence-corrected chi connectivity index (χ2v) is 8.22. The number of aliphatic carboxylic acids is 1. The van der Waals surface area contributed by atoms with Crippen molar-refractivity contribution >= 4 is 34.4 Å². The highest BCUT2D eigenvalue weighted by atomic mass is 35.5. The molecule has 2 aromatic carbocycles. The molecule has 34 heavy (non-hydrogen) atoms. The monoisotopic (exact) mass is 478 g/mol. The Morgan fingerprint density at radius 3 is 2.50 bits per heavy atom. The highest BCUT2D eigenvalue weighted by molar-refractivity contribution is 6.30. The molecule has 0 saturated carbocycles. The second kappa shape index (κ2) is 9.97. The number of rotatable bonds is 8. The number of pyridine rings is 1. The minimum Gasteiger partial charge on any atom is -0.490 e. The van der Waals surface area contributed by atoms with Crippen LogP contribution < -0.4 is 9.47 Å². The number of carbonyl (C=O) groups is 2. The van der Waals surface area contributed by atoms with Crippen molar-refractivity contribution in [3.63, 3.8) is 0 Å². The molecule has 0 saturated heterocycles. The Morgan fingerprint density at radius 2 is 1.79 bits per heavy atom. The number of fused-ring (bicyclic) bond motifs is 1. The van der Waals surface area contributed by atoms with Crippen molar-refractivity contribution in [2.45, 2.75) is 20.3 Å². The molecule has 0 spiro atoms. The highest BCUT2D eigenvalue weighted by Gasteiger charge is 2.22. The molecular weight excluding hydrogens is 456 g/mol.